The van der Waals surface area contributed by atoms with Gasteiger partial charge in [-0.05, 0) is 25.3 Å². The lowest BCUT2D eigenvalue weighted by atomic mass is 9.83. The fourth-order valence-electron chi connectivity index (χ4n) is 2.99. The van der Waals surface area contributed by atoms with Gasteiger partial charge >= 0.3 is 0 Å². The fraction of sp³-hybridized carbons (Fsp3) is 0.438. The Balaban J connectivity index is 1.95. The van der Waals surface area contributed by atoms with Crippen molar-refractivity contribution < 1.29 is 13.3 Å². The maximum Gasteiger partial charge on any atom is 0.248 e. The Hall–Kier alpha value is -1.91. The van der Waals surface area contributed by atoms with E-state index < -0.39 is 5.92 Å². The standard InChI is InChI=1S/C16H18F2N2O/c1-10-3-2-4-12(9-10)13-14(21-20-15(13)19)11-5-7-16(17,18)8-6-11/h2-4,9,11H,5-8H2,1H3,(H2,19,20). The number of anilines is 1. The molecule has 1 aromatic carbocycles. The van der Waals surface area contributed by atoms with Crippen LogP contribution in [0.3, 0.4) is 0 Å². The van der Waals surface area contributed by atoms with Gasteiger partial charge in [0.15, 0.2) is 5.82 Å². The van der Waals surface area contributed by atoms with Crippen molar-refractivity contribution in [1.82, 2.24) is 5.16 Å². The van der Waals surface area contributed by atoms with Crippen molar-refractivity contribution in [3.63, 3.8) is 0 Å². The van der Waals surface area contributed by atoms with Crippen LogP contribution < -0.4 is 5.73 Å². The lowest BCUT2D eigenvalue weighted by Gasteiger charge is -2.27. The quantitative estimate of drug-likeness (QED) is 0.885. The number of nitrogen functional groups attached to an aromatic ring is 1. The van der Waals surface area contributed by atoms with Crippen molar-refractivity contribution in [2.75, 3.05) is 5.73 Å². The summed E-state index contributed by atoms with van der Waals surface area (Å²) in [6.07, 6.45) is 0.595. The van der Waals surface area contributed by atoms with Crippen LogP contribution in [-0.2, 0) is 0 Å². The molecule has 21 heavy (non-hydrogen) atoms. The lowest BCUT2D eigenvalue weighted by molar-refractivity contribution is -0.0398. The van der Waals surface area contributed by atoms with Gasteiger partial charge in [0.25, 0.3) is 0 Å². The minimum Gasteiger partial charge on any atom is -0.380 e. The van der Waals surface area contributed by atoms with E-state index in [1.807, 2.05) is 31.2 Å². The van der Waals surface area contributed by atoms with Crippen LogP contribution >= 0.6 is 0 Å². The molecule has 2 N–H and O–H groups in total. The zero-order valence-corrected chi connectivity index (χ0v) is 11.9. The highest BCUT2D eigenvalue weighted by Gasteiger charge is 2.38. The zero-order valence-electron chi connectivity index (χ0n) is 11.9. The first-order valence-corrected chi connectivity index (χ1v) is 7.16. The third kappa shape index (κ3) is 2.77. The van der Waals surface area contributed by atoms with Gasteiger partial charge in [-0.2, -0.15) is 0 Å². The molecule has 3 rings (SSSR count). The molecule has 1 aromatic heterocycles. The first kappa shape index (κ1) is 14.0. The molecule has 0 bridgehead atoms. The number of nitrogens with zero attached hydrogens (tertiary/aromatic N) is 1. The second-order valence-electron chi connectivity index (χ2n) is 5.81. The molecule has 1 heterocycles. The van der Waals surface area contributed by atoms with E-state index >= 15 is 0 Å². The molecule has 1 saturated carbocycles. The molecule has 3 nitrogen and oxygen atoms in total. The molecule has 112 valence electrons. The van der Waals surface area contributed by atoms with Gasteiger partial charge < -0.3 is 10.3 Å². The zero-order chi connectivity index (χ0) is 15.0. The maximum absolute atomic E-state index is 13.3. The maximum atomic E-state index is 13.3. The second-order valence-corrected chi connectivity index (χ2v) is 5.81. The van der Waals surface area contributed by atoms with Crippen molar-refractivity contribution in [3.05, 3.63) is 35.6 Å². The number of hydrogen-bond acceptors (Lipinski definition) is 3. The van der Waals surface area contributed by atoms with Gasteiger partial charge in [-0.1, -0.05) is 35.0 Å². The molecule has 0 unspecified atom stereocenters. The fourth-order valence-corrected chi connectivity index (χ4v) is 2.99. The Morgan fingerprint density at radius 1 is 1.29 bits per heavy atom. The number of benzene rings is 1. The normalized spacial score (nSPS) is 18.8. The van der Waals surface area contributed by atoms with Crippen molar-refractivity contribution in [2.45, 2.75) is 44.4 Å². The minimum absolute atomic E-state index is 0.0371. The highest BCUT2D eigenvalue weighted by molar-refractivity contribution is 5.76. The van der Waals surface area contributed by atoms with E-state index in [9.17, 15) is 8.78 Å². The lowest BCUT2D eigenvalue weighted by Crippen LogP contribution is -2.23. The molecule has 2 aromatic rings. The highest BCUT2D eigenvalue weighted by Crippen LogP contribution is 2.44. The van der Waals surface area contributed by atoms with E-state index in [1.165, 1.54) is 0 Å². The van der Waals surface area contributed by atoms with Crippen LogP contribution in [0.5, 0.6) is 0 Å². The summed E-state index contributed by atoms with van der Waals surface area (Å²) in [6.45, 7) is 1.99. The number of alkyl halides is 2. The van der Waals surface area contributed by atoms with Gasteiger partial charge in [-0.25, -0.2) is 8.78 Å². The van der Waals surface area contributed by atoms with E-state index in [4.69, 9.17) is 10.3 Å². The molecule has 1 aliphatic rings. The Morgan fingerprint density at radius 3 is 2.67 bits per heavy atom. The summed E-state index contributed by atoms with van der Waals surface area (Å²) in [5, 5.41) is 3.85. The molecular formula is C16H18F2N2O. The monoisotopic (exact) mass is 292 g/mol. The summed E-state index contributed by atoms with van der Waals surface area (Å²) >= 11 is 0. The summed E-state index contributed by atoms with van der Waals surface area (Å²) < 4.78 is 32.0. The molecule has 0 aliphatic heterocycles. The average Bonchev–Trinajstić information content (AvgIpc) is 2.80. The van der Waals surface area contributed by atoms with Crippen LogP contribution in [-0.4, -0.2) is 11.1 Å². The van der Waals surface area contributed by atoms with Crippen LogP contribution in [0.2, 0.25) is 0 Å². The molecule has 0 saturated heterocycles. The van der Waals surface area contributed by atoms with E-state index in [0.717, 1.165) is 16.7 Å². The molecule has 0 spiro atoms. The second kappa shape index (κ2) is 5.13. The van der Waals surface area contributed by atoms with E-state index in [1.54, 1.807) is 0 Å². The largest absolute Gasteiger partial charge is 0.380 e. The van der Waals surface area contributed by atoms with Gasteiger partial charge in [0, 0.05) is 18.8 Å². The summed E-state index contributed by atoms with van der Waals surface area (Å²) in [5.74, 6) is -1.61. The first-order chi connectivity index (χ1) is 9.96. The average molecular weight is 292 g/mol. The first-order valence-electron chi connectivity index (χ1n) is 7.16. The molecular weight excluding hydrogens is 274 g/mol. The molecule has 1 aliphatic carbocycles. The van der Waals surface area contributed by atoms with E-state index in [2.05, 4.69) is 5.16 Å². The summed E-state index contributed by atoms with van der Waals surface area (Å²) in [4.78, 5) is 0. The number of nitrogens with two attached hydrogens (primary N) is 1. The predicted molar refractivity (Wildman–Crippen MR) is 77.2 cm³/mol. The van der Waals surface area contributed by atoms with Gasteiger partial charge in [-0.3, -0.25) is 0 Å². The van der Waals surface area contributed by atoms with Gasteiger partial charge in [-0.15, -0.1) is 0 Å². The topological polar surface area (TPSA) is 52.0 Å². The molecule has 0 amide bonds. The van der Waals surface area contributed by atoms with E-state index in [0.29, 0.717) is 24.4 Å². The molecule has 0 radical (unpaired) electrons. The SMILES string of the molecule is Cc1cccc(-c2c(N)noc2C2CCC(F)(F)CC2)c1. The third-order valence-corrected chi connectivity index (χ3v) is 4.14. The molecule has 5 heteroatoms. The van der Waals surface area contributed by atoms with Crippen molar-refractivity contribution in [3.8, 4) is 11.1 Å². The Labute approximate surface area is 122 Å². The van der Waals surface area contributed by atoms with Gasteiger partial charge in [0.05, 0.1) is 5.56 Å². The summed E-state index contributed by atoms with van der Waals surface area (Å²) in [5.41, 5.74) is 8.73. The number of aromatic nitrogens is 1. The number of halogens is 2. The molecule has 1 fully saturated rings. The van der Waals surface area contributed by atoms with Gasteiger partial charge in [0.1, 0.15) is 5.76 Å². The Bertz CT molecular complexity index is 641. The highest BCUT2D eigenvalue weighted by atomic mass is 19.3. The van der Waals surface area contributed by atoms with Crippen molar-refractivity contribution >= 4 is 5.82 Å². The number of aryl methyl sites for hydroxylation is 1. The minimum atomic E-state index is -2.55. The Kier molecular flexibility index (Phi) is 3.43. The number of hydrogen-bond donors (Lipinski definition) is 1. The van der Waals surface area contributed by atoms with Crippen LogP contribution in [0, 0.1) is 6.92 Å². The Morgan fingerprint density at radius 2 is 2.00 bits per heavy atom. The van der Waals surface area contributed by atoms with E-state index in [-0.39, 0.29) is 18.8 Å². The summed E-state index contributed by atoms with van der Waals surface area (Å²) in [6, 6.07) is 7.88. The molecule has 0 atom stereocenters. The van der Waals surface area contributed by atoms with Crippen LogP contribution in [0.15, 0.2) is 28.8 Å². The smallest absolute Gasteiger partial charge is 0.248 e. The van der Waals surface area contributed by atoms with Crippen molar-refractivity contribution in [2.24, 2.45) is 0 Å². The van der Waals surface area contributed by atoms with Crippen molar-refractivity contribution in [1.29, 1.82) is 0 Å². The summed E-state index contributed by atoms with van der Waals surface area (Å²) in [7, 11) is 0. The predicted octanol–water partition coefficient (Wildman–Crippen LogP) is 4.53. The van der Waals surface area contributed by atoms with Crippen LogP contribution in [0.1, 0.15) is 42.9 Å². The van der Waals surface area contributed by atoms with Crippen LogP contribution in [0.4, 0.5) is 14.6 Å². The third-order valence-electron chi connectivity index (χ3n) is 4.14. The van der Waals surface area contributed by atoms with Crippen LogP contribution in [0.25, 0.3) is 11.1 Å². The van der Waals surface area contributed by atoms with Gasteiger partial charge in [0.2, 0.25) is 5.92 Å². The number of rotatable bonds is 2.